The predicted molar refractivity (Wildman–Crippen MR) is 98.8 cm³/mol. The van der Waals surface area contributed by atoms with Crippen LogP contribution in [0.15, 0.2) is 69.5 Å². The van der Waals surface area contributed by atoms with E-state index in [1.807, 2.05) is 67.6 Å². The summed E-state index contributed by atoms with van der Waals surface area (Å²) in [6.07, 6.45) is 0. The van der Waals surface area contributed by atoms with Gasteiger partial charge in [0.2, 0.25) is 11.8 Å². The summed E-state index contributed by atoms with van der Waals surface area (Å²) in [6, 6.07) is 18.7. The Hall–Kier alpha value is -3.60. The van der Waals surface area contributed by atoms with E-state index in [0.29, 0.717) is 34.1 Å². The smallest absolute Gasteiger partial charge is 0.231 e. The van der Waals surface area contributed by atoms with E-state index in [0.717, 1.165) is 16.6 Å². The van der Waals surface area contributed by atoms with Crippen LogP contribution in [0.25, 0.3) is 45.1 Å². The van der Waals surface area contributed by atoms with E-state index in [-0.39, 0.29) is 5.75 Å². The second-order valence-corrected chi connectivity index (χ2v) is 6.18. The summed E-state index contributed by atoms with van der Waals surface area (Å²) < 4.78 is 11.6. The van der Waals surface area contributed by atoms with Crippen LogP contribution in [0.5, 0.6) is 5.75 Å². The Bertz CT molecular complexity index is 1110. The number of nitrogens with zero attached hydrogens (tertiary/aromatic N) is 2. The van der Waals surface area contributed by atoms with E-state index >= 15 is 0 Å². The number of benzene rings is 3. The predicted octanol–water partition coefficient (Wildman–Crippen LogP) is 5.32. The average molecular weight is 342 g/mol. The van der Waals surface area contributed by atoms with Crippen LogP contribution in [0.2, 0.25) is 0 Å². The minimum Gasteiger partial charge on any atom is -0.506 e. The van der Waals surface area contributed by atoms with Gasteiger partial charge in [-0.2, -0.15) is 0 Å². The van der Waals surface area contributed by atoms with Gasteiger partial charge in [0.25, 0.3) is 0 Å². The standard InChI is InChI=1S/C21H14N2O3/c1-12-10-13(20-22-15-6-2-4-8-17(15)25-20)19(24)14(11-12)21-23-16-7-3-5-9-18(16)26-21/h2-11,24H,1H3. The molecule has 0 aliphatic heterocycles. The number of phenolic OH excluding ortho intramolecular Hbond substituents is 1. The fourth-order valence-corrected chi connectivity index (χ4v) is 3.08. The van der Waals surface area contributed by atoms with Crippen molar-refractivity contribution in [1.29, 1.82) is 0 Å². The third-order valence-corrected chi connectivity index (χ3v) is 4.30. The maximum Gasteiger partial charge on any atom is 0.231 e. The van der Waals surface area contributed by atoms with Crippen LogP contribution < -0.4 is 0 Å². The Morgan fingerprint density at radius 2 is 1.19 bits per heavy atom. The van der Waals surface area contributed by atoms with Crippen LogP contribution in [0, 0.1) is 6.92 Å². The van der Waals surface area contributed by atoms with Crippen molar-refractivity contribution in [3.63, 3.8) is 0 Å². The SMILES string of the molecule is Cc1cc(-c2nc3ccccc3o2)c(O)c(-c2nc3ccccc3o2)c1. The van der Waals surface area contributed by atoms with Gasteiger partial charge in [-0.1, -0.05) is 24.3 Å². The molecule has 5 rings (SSSR count). The molecule has 2 heterocycles. The van der Waals surface area contributed by atoms with Gasteiger partial charge in [-0.25, -0.2) is 9.97 Å². The van der Waals surface area contributed by atoms with Gasteiger partial charge in [0, 0.05) is 0 Å². The Kier molecular flexibility index (Phi) is 3.09. The lowest BCUT2D eigenvalue weighted by Gasteiger charge is -2.07. The van der Waals surface area contributed by atoms with Crippen LogP contribution in [0.3, 0.4) is 0 Å². The summed E-state index contributed by atoms with van der Waals surface area (Å²) in [5.41, 5.74) is 4.80. The maximum absolute atomic E-state index is 10.9. The first kappa shape index (κ1) is 14.7. The minimum absolute atomic E-state index is 0.0358. The van der Waals surface area contributed by atoms with Gasteiger partial charge in [-0.15, -0.1) is 0 Å². The molecule has 126 valence electrons. The highest BCUT2D eigenvalue weighted by molar-refractivity contribution is 5.83. The number of hydrogen-bond donors (Lipinski definition) is 1. The molecule has 0 aliphatic carbocycles. The van der Waals surface area contributed by atoms with Gasteiger partial charge in [-0.05, 0) is 48.9 Å². The summed E-state index contributed by atoms with van der Waals surface area (Å²) in [6.45, 7) is 1.94. The summed E-state index contributed by atoms with van der Waals surface area (Å²) in [5.74, 6) is 0.767. The third-order valence-electron chi connectivity index (χ3n) is 4.30. The number of aromatic nitrogens is 2. The molecule has 5 heteroatoms. The Balaban J connectivity index is 1.72. The van der Waals surface area contributed by atoms with E-state index in [4.69, 9.17) is 8.83 Å². The number of rotatable bonds is 2. The highest BCUT2D eigenvalue weighted by atomic mass is 16.4. The molecule has 5 nitrogen and oxygen atoms in total. The van der Waals surface area contributed by atoms with Crippen molar-refractivity contribution in [1.82, 2.24) is 9.97 Å². The molecule has 0 radical (unpaired) electrons. The summed E-state index contributed by atoms with van der Waals surface area (Å²) >= 11 is 0. The molecule has 0 spiro atoms. The van der Waals surface area contributed by atoms with Crippen molar-refractivity contribution in [2.75, 3.05) is 0 Å². The lowest BCUT2D eigenvalue weighted by molar-refractivity contribution is 0.472. The number of aromatic hydroxyl groups is 1. The molecule has 0 unspecified atom stereocenters. The molecular weight excluding hydrogens is 328 g/mol. The quantitative estimate of drug-likeness (QED) is 0.470. The normalized spacial score (nSPS) is 11.4. The molecule has 0 aliphatic rings. The number of oxazole rings is 2. The lowest BCUT2D eigenvalue weighted by atomic mass is 10.0. The van der Waals surface area contributed by atoms with Crippen LogP contribution in [-0.2, 0) is 0 Å². The molecule has 0 amide bonds. The van der Waals surface area contributed by atoms with Crippen molar-refractivity contribution < 1.29 is 13.9 Å². The highest BCUT2D eigenvalue weighted by Crippen LogP contribution is 2.40. The van der Waals surface area contributed by atoms with Gasteiger partial charge in [-0.3, -0.25) is 0 Å². The molecule has 0 bridgehead atoms. The first-order valence-electron chi connectivity index (χ1n) is 8.24. The largest absolute Gasteiger partial charge is 0.506 e. The molecular formula is C21H14N2O3. The number of aryl methyl sites for hydroxylation is 1. The second kappa shape index (κ2) is 5.46. The minimum atomic E-state index is 0.0358. The van der Waals surface area contributed by atoms with Gasteiger partial charge in [0.15, 0.2) is 11.2 Å². The van der Waals surface area contributed by atoms with Crippen molar-refractivity contribution >= 4 is 22.2 Å². The molecule has 2 aromatic heterocycles. The van der Waals surface area contributed by atoms with E-state index in [1.165, 1.54) is 0 Å². The van der Waals surface area contributed by atoms with E-state index in [1.54, 1.807) is 0 Å². The molecule has 5 aromatic rings. The number of hydrogen-bond acceptors (Lipinski definition) is 5. The van der Waals surface area contributed by atoms with E-state index in [2.05, 4.69) is 9.97 Å². The molecule has 0 saturated carbocycles. The number of phenols is 1. The first-order valence-corrected chi connectivity index (χ1v) is 8.24. The number of para-hydroxylation sites is 4. The van der Waals surface area contributed by atoms with Crippen LogP contribution >= 0.6 is 0 Å². The Morgan fingerprint density at radius 3 is 1.65 bits per heavy atom. The molecule has 1 N–H and O–H groups in total. The molecule has 0 atom stereocenters. The molecule has 0 saturated heterocycles. The van der Waals surface area contributed by atoms with Crippen molar-refractivity contribution in [3.05, 3.63) is 66.2 Å². The van der Waals surface area contributed by atoms with Gasteiger partial charge < -0.3 is 13.9 Å². The van der Waals surface area contributed by atoms with Crippen LogP contribution in [0.1, 0.15) is 5.56 Å². The van der Waals surface area contributed by atoms with E-state index < -0.39 is 0 Å². The topological polar surface area (TPSA) is 72.3 Å². The van der Waals surface area contributed by atoms with Crippen molar-refractivity contribution in [3.8, 4) is 28.7 Å². The van der Waals surface area contributed by atoms with Crippen molar-refractivity contribution in [2.45, 2.75) is 6.92 Å². The average Bonchev–Trinajstić information content (AvgIpc) is 3.26. The van der Waals surface area contributed by atoms with Crippen molar-refractivity contribution in [2.24, 2.45) is 0 Å². The fourth-order valence-electron chi connectivity index (χ4n) is 3.08. The summed E-state index contributed by atoms with van der Waals surface area (Å²) in [7, 11) is 0. The second-order valence-electron chi connectivity index (χ2n) is 6.18. The Morgan fingerprint density at radius 1 is 0.731 bits per heavy atom. The first-order chi connectivity index (χ1) is 12.7. The monoisotopic (exact) mass is 342 g/mol. The van der Waals surface area contributed by atoms with Gasteiger partial charge >= 0.3 is 0 Å². The fraction of sp³-hybridized carbons (Fsp3) is 0.0476. The van der Waals surface area contributed by atoms with Crippen LogP contribution in [0.4, 0.5) is 0 Å². The zero-order valence-corrected chi connectivity index (χ0v) is 13.9. The lowest BCUT2D eigenvalue weighted by Crippen LogP contribution is -1.87. The van der Waals surface area contributed by atoms with E-state index in [9.17, 15) is 5.11 Å². The van der Waals surface area contributed by atoms with Gasteiger partial charge in [0.05, 0.1) is 11.1 Å². The molecule has 26 heavy (non-hydrogen) atoms. The Labute approximate surface area is 148 Å². The maximum atomic E-state index is 10.9. The third kappa shape index (κ3) is 2.25. The van der Waals surface area contributed by atoms with Crippen LogP contribution in [-0.4, -0.2) is 15.1 Å². The van der Waals surface area contributed by atoms with Gasteiger partial charge in [0.1, 0.15) is 16.8 Å². The molecule has 3 aromatic carbocycles. The zero-order chi connectivity index (χ0) is 17.7. The number of fused-ring (bicyclic) bond motifs is 2. The highest BCUT2D eigenvalue weighted by Gasteiger charge is 2.20. The summed E-state index contributed by atoms with van der Waals surface area (Å²) in [5, 5.41) is 10.9. The summed E-state index contributed by atoms with van der Waals surface area (Å²) in [4.78, 5) is 8.97. The zero-order valence-electron chi connectivity index (χ0n) is 13.9. The molecule has 0 fully saturated rings.